The van der Waals surface area contributed by atoms with Crippen LogP contribution < -0.4 is 20.2 Å². The highest BCUT2D eigenvalue weighted by Gasteiger charge is 2.16. The lowest BCUT2D eigenvalue weighted by molar-refractivity contribution is -0.136. The minimum atomic E-state index is -0.904. The van der Waals surface area contributed by atoms with E-state index in [0.29, 0.717) is 17.2 Å². The quantitative estimate of drug-likeness (QED) is 0.353. The fourth-order valence-corrected chi connectivity index (χ4v) is 3.31. The number of ether oxygens (including phenoxy) is 2. The van der Waals surface area contributed by atoms with Crippen molar-refractivity contribution in [3.63, 3.8) is 0 Å². The van der Waals surface area contributed by atoms with Crippen LogP contribution in [0, 0.1) is 20.8 Å². The van der Waals surface area contributed by atoms with Gasteiger partial charge in [-0.15, -0.1) is 0 Å². The Kier molecular flexibility index (Phi) is 6.94. The third-order valence-corrected chi connectivity index (χ3v) is 4.99. The molecule has 166 valence electrons. The van der Waals surface area contributed by atoms with Crippen LogP contribution >= 0.6 is 0 Å². The van der Waals surface area contributed by atoms with Crippen molar-refractivity contribution in [2.24, 2.45) is 5.10 Å². The van der Waals surface area contributed by atoms with E-state index in [1.54, 1.807) is 18.2 Å². The summed E-state index contributed by atoms with van der Waals surface area (Å²) in [5, 5.41) is 6.45. The molecule has 2 aromatic carbocycles. The van der Waals surface area contributed by atoms with Crippen LogP contribution in [-0.4, -0.2) is 36.8 Å². The smallest absolute Gasteiger partial charge is 0.329 e. The molecule has 3 aromatic rings. The summed E-state index contributed by atoms with van der Waals surface area (Å²) in [7, 11) is 2.97. The number of anilines is 1. The first-order chi connectivity index (χ1) is 15.3. The summed E-state index contributed by atoms with van der Waals surface area (Å²) in [4.78, 5) is 24.5. The van der Waals surface area contributed by atoms with Crippen LogP contribution in [0.5, 0.6) is 11.5 Å². The molecule has 1 aromatic heterocycles. The SMILES string of the molecule is COc1ccc(OC)c(NC(=O)C(=O)N/N=C\c2cc(C)n(-c3ccc(C)cc3)c2C)c1. The van der Waals surface area contributed by atoms with E-state index >= 15 is 0 Å². The molecule has 0 unspecified atom stereocenters. The number of methoxy groups -OCH3 is 2. The molecule has 0 aliphatic heterocycles. The van der Waals surface area contributed by atoms with Gasteiger partial charge in [0.05, 0.1) is 26.1 Å². The van der Waals surface area contributed by atoms with Crippen LogP contribution in [0.2, 0.25) is 0 Å². The maximum absolute atomic E-state index is 12.3. The number of rotatable bonds is 6. The molecule has 32 heavy (non-hydrogen) atoms. The van der Waals surface area contributed by atoms with E-state index in [-0.39, 0.29) is 0 Å². The second-order valence-electron chi connectivity index (χ2n) is 7.22. The standard InChI is InChI=1S/C24H26N4O4/c1-15-6-8-19(9-7-15)28-16(2)12-18(17(28)3)14-25-27-24(30)23(29)26-21-13-20(31-4)10-11-22(21)32-5/h6-14H,1-5H3,(H,26,29)(H,27,30)/b25-14-. The minimum Gasteiger partial charge on any atom is -0.497 e. The van der Waals surface area contributed by atoms with Crippen LogP contribution in [0.4, 0.5) is 5.69 Å². The zero-order chi connectivity index (χ0) is 23.3. The molecule has 2 N–H and O–H groups in total. The van der Waals surface area contributed by atoms with E-state index < -0.39 is 11.8 Å². The van der Waals surface area contributed by atoms with Crippen molar-refractivity contribution in [2.45, 2.75) is 20.8 Å². The van der Waals surface area contributed by atoms with E-state index in [1.807, 2.05) is 26.8 Å². The number of nitrogens with zero attached hydrogens (tertiary/aromatic N) is 2. The molecule has 0 aliphatic rings. The molecular weight excluding hydrogens is 408 g/mol. The van der Waals surface area contributed by atoms with Crippen LogP contribution in [0.25, 0.3) is 5.69 Å². The lowest BCUT2D eigenvalue weighted by atomic mass is 10.2. The Morgan fingerprint density at radius 3 is 2.31 bits per heavy atom. The third-order valence-electron chi connectivity index (χ3n) is 4.99. The summed E-state index contributed by atoms with van der Waals surface area (Å²) < 4.78 is 12.4. The molecule has 0 saturated carbocycles. The third kappa shape index (κ3) is 4.97. The number of hydrogen-bond donors (Lipinski definition) is 2. The predicted octanol–water partition coefficient (Wildman–Crippen LogP) is 3.51. The fourth-order valence-electron chi connectivity index (χ4n) is 3.31. The summed E-state index contributed by atoms with van der Waals surface area (Å²) >= 11 is 0. The highest BCUT2D eigenvalue weighted by atomic mass is 16.5. The molecule has 0 spiro atoms. The van der Waals surface area contributed by atoms with Crippen LogP contribution in [0.1, 0.15) is 22.5 Å². The summed E-state index contributed by atoms with van der Waals surface area (Å²) in [5.41, 5.74) is 7.63. The molecule has 8 nitrogen and oxygen atoms in total. The maximum Gasteiger partial charge on any atom is 0.329 e. The minimum absolute atomic E-state index is 0.317. The second-order valence-corrected chi connectivity index (χ2v) is 7.22. The average molecular weight is 434 g/mol. The first-order valence-electron chi connectivity index (χ1n) is 9.96. The number of hydrogen-bond acceptors (Lipinski definition) is 5. The van der Waals surface area contributed by atoms with Gasteiger partial charge in [0.1, 0.15) is 11.5 Å². The molecule has 0 saturated heterocycles. The molecule has 2 amide bonds. The van der Waals surface area contributed by atoms with E-state index in [4.69, 9.17) is 9.47 Å². The Labute approximate surface area is 186 Å². The molecule has 1 heterocycles. The Balaban J connectivity index is 1.69. The number of benzene rings is 2. The Hall–Kier alpha value is -4.07. The van der Waals surface area contributed by atoms with Crippen molar-refractivity contribution >= 4 is 23.7 Å². The van der Waals surface area contributed by atoms with E-state index in [1.165, 1.54) is 26.0 Å². The maximum atomic E-state index is 12.3. The Bertz CT molecular complexity index is 1160. The molecular formula is C24H26N4O4. The summed E-state index contributed by atoms with van der Waals surface area (Å²) in [6, 6.07) is 15.1. The van der Waals surface area contributed by atoms with Crippen molar-refractivity contribution in [1.29, 1.82) is 0 Å². The van der Waals surface area contributed by atoms with Crippen LogP contribution in [0.3, 0.4) is 0 Å². The molecule has 0 bridgehead atoms. The van der Waals surface area contributed by atoms with Crippen LogP contribution in [-0.2, 0) is 9.59 Å². The van der Waals surface area contributed by atoms with E-state index in [9.17, 15) is 9.59 Å². The first-order valence-corrected chi connectivity index (χ1v) is 9.96. The molecule has 0 radical (unpaired) electrons. The van der Waals surface area contributed by atoms with Crippen molar-refractivity contribution < 1.29 is 19.1 Å². The van der Waals surface area contributed by atoms with Gasteiger partial charge in [-0.25, -0.2) is 5.43 Å². The van der Waals surface area contributed by atoms with Gasteiger partial charge in [0.25, 0.3) is 0 Å². The van der Waals surface area contributed by atoms with Gasteiger partial charge < -0.3 is 19.4 Å². The molecule has 3 rings (SSSR count). The van der Waals surface area contributed by atoms with Gasteiger partial charge in [-0.2, -0.15) is 5.10 Å². The van der Waals surface area contributed by atoms with Crippen LogP contribution in [0.15, 0.2) is 53.6 Å². The lowest BCUT2D eigenvalue weighted by Crippen LogP contribution is -2.32. The normalized spacial score (nSPS) is 10.8. The fraction of sp³-hybridized carbons (Fsp3) is 0.208. The number of amides is 2. The summed E-state index contributed by atoms with van der Waals surface area (Å²) in [5.74, 6) is -0.861. The number of aromatic nitrogens is 1. The van der Waals surface area contributed by atoms with Crippen molar-refractivity contribution in [3.8, 4) is 17.2 Å². The molecule has 8 heteroatoms. The monoisotopic (exact) mass is 434 g/mol. The Morgan fingerprint density at radius 1 is 0.938 bits per heavy atom. The molecule has 0 aliphatic carbocycles. The predicted molar refractivity (Wildman–Crippen MR) is 124 cm³/mol. The summed E-state index contributed by atoms with van der Waals surface area (Å²) in [6.45, 7) is 6.01. The Morgan fingerprint density at radius 2 is 1.66 bits per heavy atom. The largest absolute Gasteiger partial charge is 0.497 e. The van der Waals surface area contributed by atoms with Gasteiger partial charge in [-0.1, -0.05) is 17.7 Å². The highest BCUT2D eigenvalue weighted by molar-refractivity contribution is 6.39. The van der Waals surface area contributed by atoms with Crippen molar-refractivity contribution in [2.75, 3.05) is 19.5 Å². The molecule has 0 atom stereocenters. The summed E-state index contributed by atoms with van der Waals surface area (Å²) in [6.07, 6.45) is 1.52. The van der Waals surface area contributed by atoms with E-state index in [2.05, 4.69) is 44.7 Å². The van der Waals surface area contributed by atoms with Gasteiger partial charge in [-0.05, 0) is 51.1 Å². The second kappa shape index (κ2) is 9.82. The van der Waals surface area contributed by atoms with Gasteiger partial charge >= 0.3 is 11.8 Å². The van der Waals surface area contributed by atoms with Gasteiger partial charge in [-0.3, -0.25) is 9.59 Å². The number of nitrogens with one attached hydrogen (secondary N) is 2. The lowest BCUT2D eigenvalue weighted by Gasteiger charge is -2.11. The number of hydrazone groups is 1. The zero-order valence-electron chi connectivity index (χ0n) is 18.7. The van der Waals surface area contributed by atoms with Crippen molar-refractivity contribution in [3.05, 3.63) is 71.0 Å². The number of carbonyl (C=O) groups excluding carboxylic acids is 2. The number of aryl methyl sites for hydroxylation is 2. The topological polar surface area (TPSA) is 93.9 Å². The van der Waals surface area contributed by atoms with Gasteiger partial charge in [0, 0.05) is 28.7 Å². The zero-order valence-corrected chi connectivity index (χ0v) is 18.7. The first kappa shape index (κ1) is 22.6. The number of carbonyl (C=O) groups is 2. The highest BCUT2D eigenvalue weighted by Crippen LogP contribution is 2.28. The average Bonchev–Trinajstić information content (AvgIpc) is 3.07. The van der Waals surface area contributed by atoms with E-state index in [0.717, 1.165) is 22.6 Å². The van der Waals surface area contributed by atoms with Gasteiger partial charge in [0.2, 0.25) is 0 Å². The molecule has 0 fully saturated rings. The van der Waals surface area contributed by atoms with Crippen molar-refractivity contribution in [1.82, 2.24) is 9.99 Å². The van der Waals surface area contributed by atoms with Gasteiger partial charge in [0.15, 0.2) is 0 Å².